The Bertz CT molecular complexity index is 205. The van der Waals surface area contributed by atoms with E-state index in [-0.39, 0.29) is 11.8 Å². The largest absolute Gasteiger partial charge is 0.356 e. The van der Waals surface area contributed by atoms with Crippen molar-refractivity contribution in [2.75, 3.05) is 13.1 Å². The standard InChI is InChI=1S/C12H24N2O2/c1-3-9-13-12(16)8-6-5-7-10-14-11(15)4-2/h3-10H2,1-2H3,(H,13,16)(H,14,15). The lowest BCUT2D eigenvalue weighted by Crippen LogP contribution is -2.24. The van der Waals surface area contributed by atoms with Crippen LogP contribution >= 0.6 is 0 Å². The van der Waals surface area contributed by atoms with Crippen molar-refractivity contribution >= 4 is 11.8 Å². The first-order valence-electron chi connectivity index (χ1n) is 6.24. The Morgan fingerprint density at radius 3 is 2.19 bits per heavy atom. The minimum atomic E-state index is 0.0979. The fourth-order valence-electron chi connectivity index (χ4n) is 1.29. The molecular formula is C12H24N2O2. The highest BCUT2D eigenvalue weighted by Gasteiger charge is 1.99. The molecule has 2 N–H and O–H groups in total. The third-order valence-electron chi connectivity index (χ3n) is 2.30. The fraction of sp³-hybridized carbons (Fsp3) is 0.833. The van der Waals surface area contributed by atoms with Crippen LogP contribution in [0.15, 0.2) is 0 Å². The number of nitrogens with one attached hydrogen (secondary N) is 2. The Morgan fingerprint density at radius 2 is 1.56 bits per heavy atom. The summed E-state index contributed by atoms with van der Waals surface area (Å²) in [4.78, 5) is 22.1. The minimum Gasteiger partial charge on any atom is -0.356 e. The van der Waals surface area contributed by atoms with Crippen LogP contribution in [0.4, 0.5) is 0 Å². The van der Waals surface area contributed by atoms with Crippen molar-refractivity contribution in [3.63, 3.8) is 0 Å². The van der Waals surface area contributed by atoms with Crippen molar-refractivity contribution in [1.82, 2.24) is 10.6 Å². The molecule has 0 rings (SSSR count). The van der Waals surface area contributed by atoms with E-state index in [1.54, 1.807) is 0 Å². The summed E-state index contributed by atoms with van der Waals surface area (Å²) >= 11 is 0. The number of unbranched alkanes of at least 4 members (excludes halogenated alkanes) is 2. The summed E-state index contributed by atoms with van der Waals surface area (Å²) in [5, 5.41) is 5.66. The van der Waals surface area contributed by atoms with Gasteiger partial charge in [0.25, 0.3) is 0 Å². The first-order chi connectivity index (χ1) is 7.70. The minimum absolute atomic E-state index is 0.0979. The van der Waals surface area contributed by atoms with Gasteiger partial charge < -0.3 is 10.6 Å². The number of rotatable bonds is 9. The molecule has 2 amide bonds. The van der Waals surface area contributed by atoms with Crippen molar-refractivity contribution in [1.29, 1.82) is 0 Å². The Balaban J connectivity index is 3.20. The number of amides is 2. The molecule has 0 aromatic rings. The van der Waals surface area contributed by atoms with Gasteiger partial charge in [-0.25, -0.2) is 0 Å². The SMILES string of the molecule is CCCNC(=O)CCCCCNC(=O)CC. The lowest BCUT2D eigenvalue weighted by Gasteiger charge is -2.04. The normalized spacial score (nSPS) is 9.88. The van der Waals surface area contributed by atoms with Crippen LogP contribution in [0.2, 0.25) is 0 Å². The monoisotopic (exact) mass is 228 g/mol. The van der Waals surface area contributed by atoms with Gasteiger partial charge in [-0.05, 0) is 19.3 Å². The van der Waals surface area contributed by atoms with Crippen molar-refractivity contribution in [2.45, 2.75) is 52.4 Å². The van der Waals surface area contributed by atoms with Crippen LogP contribution in [0.25, 0.3) is 0 Å². The van der Waals surface area contributed by atoms with E-state index in [4.69, 9.17) is 0 Å². The molecule has 0 spiro atoms. The van der Waals surface area contributed by atoms with Crippen LogP contribution in [0.3, 0.4) is 0 Å². The van der Waals surface area contributed by atoms with E-state index in [9.17, 15) is 9.59 Å². The van der Waals surface area contributed by atoms with Crippen LogP contribution in [0, 0.1) is 0 Å². The third-order valence-corrected chi connectivity index (χ3v) is 2.30. The Kier molecular flexibility index (Phi) is 9.76. The molecule has 0 radical (unpaired) electrons. The van der Waals surface area contributed by atoms with Gasteiger partial charge in [0.1, 0.15) is 0 Å². The Labute approximate surface area is 98.2 Å². The summed E-state index contributed by atoms with van der Waals surface area (Å²) in [5.74, 6) is 0.236. The molecule has 0 fully saturated rings. The topological polar surface area (TPSA) is 58.2 Å². The molecule has 0 aromatic heterocycles. The van der Waals surface area contributed by atoms with E-state index in [1.165, 1.54) is 0 Å². The summed E-state index contributed by atoms with van der Waals surface area (Å²) in [5.41, 5.74) is 0. The molecule has 0 saturated heterocycles. The van der Waals surface area contributed by atoms with Gasteiger partial charge in [-0.2, -0.15) is 0 Å². The molecule has 0 aliphatic rings. The van der Waals surface area contributed by atoms with Crippen LogP contribution in [-0.2, 0) is 9.59 Å². The zero-order valence-electron chi connectivity index (χ0n) is 10.5. The first kappa shape index (κ1) is 14.9. The van der Waals surface area contributed by atoms with Crippen LogP contribution < -0.4 is 10.6 Å². The van der Waals surface area contributed by atoms with E-state index in [1.807, 2.05) is 13.8 Å². The number of carbonyl (C=O) groups is 2. The molecule has 0 aliphatic heterocycles. The van der Waals surface area contributed by atoms with Crippen LogP contribution in [-0.4, -0.2) is 24.9 Å². The van der Waals surface area contributed by atoms with Gasteiger partial charge in [0.15, 0.2) is 0 Å². The van der Waals surface area contributed by atoms with Gasteiger partial charge in [0.05, 0.1) is 0 Å². The quantitative estimate of drug-likeness (QED) is 0.589. The highest BCUT2D eigenvalue weighted by molar-refractivity contribution is 5.76. The number of carbonyl (C=O) groups excluding carboxylic acids is 2. The van der Waals surface area contributed by atoms with E-state index >= 15 is 0 Å². The molecule has 16 heavy (non-hydrogen) atoms. The Morgan fingerprint density at radius 1 is 0.875 bits per heavy atom. The summed E-state index contributed by atoms with van der Waals surface area (Å²) in [7, 11) is 0. The summed E-state index contributed by atoms with van der Waals surface area (Å²) in [6, 6.07) is 0. The van der Waals surface area contributed by atoms with Crippen molar-refractivity contribution in [3.05, 3.63) is 0 Å². The van der Waals surface area contributed by atoms with Gasteiger partial charge in [0, 0.05) is 25.9 Å². The van der Waals surface area contributed by atoms with Crippen LogP contribution in [0.5, 0.6) is 0 Å². The first-order valence-corrected chi connectivity index (χ1v) is 6.24. The average molecular weight is 228 g/mol. The van der Waals surface area contributed by atoms with Crippen molar-refractivity contribution < 1.29 is 9.59 Å². The van der Waals surface area contributed by atoms with Gasteiger partial charge >= 0.3 is 0 Å². The molecule has 0 bridgehead atoms. The smallest absolute Gasteiger partial charge is 0.219 e. The molecule has 0 atom stereocenters. The predicted octanol–water partition coefficient (Wildman–Crippen LogP) is 1.60. The lowest BCUT2D eigenvalue weighted by molar-refractivity contribution is -0.122. The van der Waals surface area contributed by atoms with Crippen molar-refractivity contribution in [3.8, 4) is 0 Å². The summed E-state index contributed by atoms with van der Waals surface area (Å²) < 4.78 is 0. The van der Waals surface area contributed by atoms with Gasteiger partial charge in [-0.15, -0.1) is 0 Å². The molecule has 0 saturated carbocycles. The summed E-state index contributed by atoms with van der Waals surface area (Å²) in [6.07, 6.45) is 4.96. The van der Waals surface area contributed by atoms with E-state index in [0.717, 1.165) is 38.8 Å². The van der Waals surface area contributed by atoms with Crippen molar-refractivity contribution in [2.24, 2.45) is 0 Å². The van der Waals surface area contributed by atoms with Gasteiger partial charge in [-0.3, -0.25) is 9.59 Å². The molecule has 0 heterocycles. The second-order valence-electron chi connectivity index (χ2n) is 3.86. The van der Waals surface area contributed by atoms with E-state index in [2.05, 4.69) is 10.6 Å². The molecular weight excluding hydrogens is 204 g/mol. The van der Waals surface area contributed by atoms with Crippen LogP contribution in [0.1, 0.15) is 52.4 Å². The number of hydrogen-bond donors (Lipinski definition) is 2. The maximum atomic E-state index is 11.2. The zero-order chi connectivity index (χ0) is 12.2. The maximum Gasteiger partial charge on any atom is 0.219 e. The average Bonchev–Trinajstić information content (AvgIpc) is 2.30. The summed E-state index contributed by atoms with van der Waals surface area (Å²) in [6.45, 7) is 5.37. The molecule has 0 aromatic carbocycles. The van der Waals surface area contributed by atoms with Gasteiger partial charge in [-0.1, -0.05) is 20.3 Å². The van der Waals surface area contributed by atoms with E-state index < -0.39 is 0 Å². The Hall–Kier alpha value is -1.06. The maximum absolute atomic E-state index is 11.2. The molecule has 94 valence electrons. The fourth-order valence-corrected chi connectivity index (χ4v) is 1.29. The second-order valence-corrected chi connectivity index (χ2v) is 3.86. The van der Waals surface area contributed by atoms with Gasteiger partial charge in [0.2, 0.25) is 11.8 Å². The molecule has 4 heteroatoms. The molecule has 0 aliphatic carbocycles. The lowest BCUT2D eigenvalue weighted by atomic mass is 10.2. The number of hydrogen-bond acceptors (Lipinski definition) is 2. The highest BCUT2D eigenvalue weighted by atomic mass is 16.2. The highest BCUT2D eigenvalue weighted by Crippen LogP contribution is 1.98. The third kappa shape index (κ3) is 9.49. The zero-order valence-corrected chi connectivity index (χ0v) is 10.5. The second kappa shape index (κ2) is 10.5. The molecule has 0 unspecified atom stereocenters. The molecule has 4 nitrogen and oxygen atoms in total. The predicted molar refractivity (Wildman–Crippen MR) is 65.1 cm³/mol. The van der Waals surface area contributed by atoms with E-state index in [0.29, 0.717) is 12.8 Å².